The van der Waals surface area contributed by atoms with Crippen molar-refractivity contribution >= 4 is 17.2 Å². The number of hydrogen-bond acceptors (Lipinski definition) is 5. The van der Waals surface area contributed by atoms with Crippen molar-refractivity contribution in [1.82, 2.24) is 10.3 Å². The van der Waals surface area contributed by atoms with Gasteiger partial charge in [0.25, 0.3) is 5.91 Å². The molecule has 32 heavy (non-hydrogen) atoms. The summed E-state index contributed by atoms with van der Waals surface area (Å²) >= 11 is 0.876. The molecule has 0 aliphatic rings. The van der Waals surface area contributed by atoms with Crippen LogP contribution < -0.4 is 14.9 Å². The van der Waals surface area contributed by atoms with Crippen LogP contribution in [0.3, 0.4) is 0 Å². The van der Waals surface area contributed by atoms with Crippen molar-refractivity contribution in [2.24, 2.45) is 0 Å². The highest BCUT2D eigenvalue weighted by Gasteiger charge is 2.29. The molecule has 0 spiro atoms. The van der Waals surface area contributed by atoms with Gasteiger partial charge in [-0.1, -0.05) is 29.5 Å². The molecule has 0 saturated heterocycles. The first-order valence-corrected chi connectivity index (χ1v) is 10.5. The molecule has 3 N–H and O–H groups in total. The summed E-state index contributed by atoms with van der Waals surface area (Å²) in [6.07, 6.45) is -4.38. The van der Waals surface area contributed by atoms with Crippen molar-refractivity contribution in [3.63, 3.8) is 0 Å². The van der Waals surface area contributed by atoms with E-state index >= 15 is 0 Å². The molecule has 0 radical (unpaired) electrons. The summed E-state index contributed by atoms with van der Waals surface area (Å²) in [7, 11) is 0. The fourth-order valence-corrected chi connectivity index (χ4v) is 3.73. The van der Waals surface area contributed by atoms with Crippen LogP contribution >= 0.6 is 11.3 Å². The van der Waals surface area contributed by atoms with Crippen molar-refractivity contribution in [2.75, 3.05) is 0 Å². The highest BCUT2D eigenvalue weighted by atomic mass is 32.1. The third-order valence-electron chi connectivity index (χ3n) is 4.45. The molecule has 0 atom stereocenters. The van der Waals surface area contributed by atoms with Crippen molar-refractivity contribution in [1.29, 1.82) is 0 Å². The number of alkyl halides is 3. The van der Waals surface area contributed by atoms with Gasteiger partial charge in [0.05, 0.1) is 22.1 Å². The highest BCUT2D eigenvalue weighted by molar-refractivity contribution is 7.09. The molecule has 0 fully saturated rings. The van der Waals surface area contributed by atoms with Crippen LogP contribution in [-0.4, -0.2) is 22.1 Å². The van der Waals surface area contributed by atoms with Crippen LogP contribution in [0, 0.1) is 0 Å². The summed E-state index contributed by atoms with van der Waals surface area (Å²) in [4.78, 5) is 26.6. The maximum Gasteiger partial charge on any atom is 0.416 e. The van der Waals surface area contributed by atoms with Gasteiger partial charge in [0.2, 0.25) is 5.88 Å². The third-order valence-corrected chi connectivity index (χ3v) is 5.32. The smallest absolute Gasteiger partial charge is 0.416 e. The number of ether oxygens (including phenoxy) is 1. The van der Waals surface area contributed by atoms with Gasteiger partial charge in [-0.3, -0.25) is 14.6 Å². The Hall–Kier alpha value is -3.27. The molecule has 1 aromatic heterocycles. The molecule has 10 heteroatoms. The molecule has 170 valence electrons. The van der Waals surface area contributed by atoms with E-state index in [2.05, 4.69) is 10.3 Å². The number of amides is 1. The van der Waals surface area contributed by atoms with Crippen LogP contribution in [0.25, 0.3) is 0 Å². The van der Waals surface area contributed by atoms with Crippen molar-refractivity contribution in [3.8, 4) is 11.6 Å². The number of halogens is 3. The Bertz CT molecular complexity index is 1150. The minimum Gasteiger partial charge on any atom is -0.494 e. The molecule has 0 aliphatic carbocycles. The lowest BCUT2D eigenvalue weighted by Crippen LogP contribution is -2.24. The second kappa shape index (κ2) is 9.47. The zero-order valence-electron chi connectivity index (χ0n) is 17.2. The van der Waals surface area contributed by atoms with E-state index in [1.165, 1.54) is 12.1 Å². The zero-order valence-corrected chi connectivity index (χ0v) is 18.1. The number of aromatic amines is 1. The van der Waals surface area contributed by atoms with Gasteiger partial charge in [-0.2, -0.15) is 13.2 Å². The van der Waals surface area contributed by atoms with Gasteiger partial charge in [-0.25, -0.2) is 0 Å². The predicted octanol–water partition coefficient (Wildman–Crippen LogP) is 4.47. The van der Waals surface area contributed by atoms with Crippen LogP contribution in [0.15, 0.2) is 47.3 Å². The standard InChI is InChI=1S/C22H21F3N2O4S/c1-12(2)31-17-8-5-14(10-18-20(29)27-21(30)32-18)9-16(17)19(28)26-11-13-3-6-15(7-4-13)22(23,24)25/h3-9,12,29H,10-11H2,1-2H3,(H,26,28)(H,27,30). The normalized spacial score (nSPS) is 11.6. The lowest BCUT2D eigenvalue weighted by molar-refractivity contribution is -0.137. The van der Waals surface area contributed by atoms with Crippen molar-refractivity contribution in [3.05, 3.63) is 79.3 Å². The summed E-state index contributed by atoms with van der Waals surface area (Å²) in [5.74, 6) is -0.329. The van der Waals surface area contributed by atoms with Crippen LogP contribution in [0.1, 0.15) is 45.8 Å². The van der Waals surface area contributed by atoms with Gasteiger partial charge in [0.15, 0.2) is 0 Å². The van der Waals surface area contributed by atoms with E-state index in [0.29, 0.717) is 21.8 Å². The first-order chi connectivity index (χ1) is 15.0. The Morgan fingerprint density at radius 2 is 1.81 bits per heavy atom. The lowest BCUT2D eigenvalue weighted by atomic mass is 10.1. The molecule has 3 rings (SSSR count). The molecular formula is C22H21F3N2O4S. The zero-order chi connectivity index (χ0) is 23.5. The Kier molecular flexibility index (Phi) is 6.93. The van der Waals surface area contributed by atoms with E-state index < -0.39 is 17.6 Å². The Balaban J connectivity index is 1.79. The number of thiazole rings is 1. The van der Waals surface area contributed by atoms with E-state index in [4.69, 9.17) is 4.74 Å². The maximum atomic E-state index is 12.8. The average Bonchev–Trinajstić information content (AvgIpc) is 3.03. The molecule has 6 nitrogen and oxygen atoms in total. The Morgan fingerprint density at radius 3 is 2.38 bits per heavy atom. The molecule has 3 aromatic rings. The van der Waals surface area contributed by atoms with Gasteiger partial charge in [0, 0.05) is 13.0 Å². The quantitative estimate of drug-likeness (QED) is 0.479. The van der Waals surface area contributed by atoms with E-state index in [1.807, 2.05) is 13.8 Å². The van der Waals surface area contributed by atoms with E-state index in [0.717, 1.165) is 23.5 Å². The number of nitrogens with one attached hydrogen (secondary N) is 2. The molecule has 0 saturated carbocycles. The Labute approximate surface area is 185 Å². The van der Waals surface area contributed by atoms with Gasteiger partial charge in [-0.05, 0) is 49.2 Å². The van der Waals surface area contributed by atoms with Crippen molar-refractivity contribution < 1.29 is 27.8 Å². The second-order valence-electron chi connectivity index (χ2n) is 7.34. The average molecular weight is 466 g/mol. The van der Waals surface area contributed by atoms with Gasteiger partial charge < -0.3 is 15.2 Å². The molecule has 0 unspecified atom stereocenters. The molecule has 2 aromatic carbocycles. The van der Waals surface area contributed by atoms with Gasteiger partial charge in [-0.15, -0.1) is 0 Å². The summed E-state index contributed by atoms with van der Waals surface area (Å²) in [6.45, 7) is 3.66. The van der Waals surface area contributed by atoms with E-state index in [9.17, 15) is 27.9 Å². The van der Waals surface area contributed by atoms with Crippen LogP contribution in [-0.2, 0) is 19.1 Å². The minimum atomic E-state index is -4.42. The molecular weight excluding hydrogens is 445 g/mol. The first kappa shape index (κ1) is 23.4. The number of rotatable bonds is 7. The van der Waals surface area contributed by atoms with E-state index in [-0.39, 0.29) is 35.4 Å². The summed E-state index contributed by atoms with van der Waals surface area (Å²) < 4.78 is 43.8. The fraction of sp³-hybridized carbons (Fsp3) is 0.273. The number of hydrogen-bond donors (Lipinski definition) is 3. The number of aromatic nitrogens is 1. The van der Waals surface area contributed by atoms with Crippen molar-refractivity contribution in [2.45, 2.75) is 39.1 Å². The number of H-pyrrole nitrogens is 1. The third kappa shape index (κ3) is 5.91. The SMILES string of the molecule is CC(C)Oc1ccc(Cc2sc(=O)[nH]c2O)cc1C(=O)NCc1ccc(C(F)(F)F)cc1. The first-order valence-electron chi connectivity index (χ1n) is 9.68. The molecule has 1 heterocycles. The minimum absolute atomic E-state index is 0.0303. The van der Waals surface area contributed by atoms with E-state index in [1.54, 1.807) is 18.2 Å². The monoisotopic (exact) mass is 466 g/mol. The van der Waals surface area contributed by atoms with Crippen LogP contribution in [0.4, 0.5) is 13.2 Å². The number of benzene rings is 2. The number of carbonyl (C=O) groups excluding carboxylic acids is 1. The maximum absolute atomic E-state index is 12.8. The molecule has 0 aliphatic heterocycles. The topological polar surface area (TPSA) is 91.4 Å². The second-order valence-corrected chi connectivity index (χ2v) is 8.41. The van der Waals surface area contributed by atoms with Crippen LogP contribution in [0.2, 0.25) is 0 Å². The Morgan fingerprint density at radius 1 is 1.16 bits per heavy atom. The number of aromatic hydroxyl groups is 1. The largest absolute Gasteiger partial charge is 0.494 e. The summed E-state index contributed by atoms with van der Waals surface area (Å²) in [5, 5.41) is 12.5. The van der Waals surface area contributed by atoms with Gasteiger partial charge in [0.1, 0.15) is 5.75 Å². The summed E-state index contributed by atoms with van der Waals surface area (Å²) in [6, 6.07) is 9.50. The predicted molar refractivity (Wildman–Crippen MR) is 114 cm³/mol. The van der Waals surface area contributed by atoms with Gasteiger partial charge >= 0.3 is 11.0 Å². The molecule has 1 amide bonds. The molecule has 0 bridgehead atoms. The number of carbonyl (C=O) groups is 1. The van der Waals surface area contributed by atoms with Crippen LogP contribution in [0.5, 0.6) is 11.6 Å². The summed E-state index contributed by atoms with van der Waals surface area (Å²) in [5.41, 5.74) is 0.663. The lowest BCUT2D eigenvalue weighted by Gasteiger charge is -2.16. The fourth-order valence-electron chi connectivity index (χ4n) is 2.97. The highest BCUT2D eigenvalue weighted by Crippen LogP contribution is 2.29.